The average molecular weight is 283 g/mol. The highest BCUT2D eigenvalue weighted by Gasteiger charge is 2.29. The van der Waals surface area contributed by atoms with Crippen molar-refractivity contribution < 1.29 is 23.1 Å². The van der Waals surface area contributed by atoms with Gasteiger partial charge in [0.25, 0.3) is 0 Å². The lowest BCUT2D eigenvalue weighted by Gasteiger charge is -2.15. The molecule has 0 saturated heterocycles. The highest BCUT2D eigenvalue weighted by Crippen LogP contribution is 2.14. The summed E-state index contributed by atoms with van der Waals surface area (Å²) in [6.07, 6.45) is 3.08. The number of unbranched alkanes of at least 4 members (excludes halogenated alkanes) is 6. The lowest BCUT2D eigenvalue weighted by molar-refractivity contribution is -0.143. The fourth-order valence-electron chi connectivity index (χ4n) is 1.86. The van der Waals surface area contributed by atoms with Crippen molar-refractivity contribution in [2.24, 2.45) is 0 Å². The predicted octanol–water partition coefficient (Wildman–Crippen LogP) is 3.73. The third-order valence-electron chi connectivity index (χ3n) is 2.94. The van der Waals surface area contributed by atoms with Crippen molar-refractivity contribution in [1.82, 2.24) is 5.32 Å². The Bertz CT molecular complexity index is 245. The summed E-state index contributed by atoms with van der Waals surface area (Å²) < 4.78 is 36.0. The molecule has 0 fully saturated rings. The van der Waals surface area contributed by atoms with Gasteiger partial charge in [-0.05, 0) is 6.42 Å². The van der Waals surface area contributed by atoms with Crippen molar-refractivity contribution in [3.05, 3.63) is 0 Å². The third kappa shape index (κ3) is 12.0. The van der Waals surface area contributed by atoms with Gasteiger partial charge in [-0.3, -0.25) is 10.1 Å². The van der Waals surface area contributed by atoms with Crippen LogP contribution in [0, 0.1) is 0 Å². The zero-order valence-electron chi connectivity index (χ0n) is 11.4. The summed E-state index contributed by atoms with van der Waals surface area (Å²) in [7, 11) is 0. The van der Waals surface area contributed by atoms with Gasteiger partial charge in [0.2, 0.25) is 0 Å². The predicted molar refractivity (Wildman–Crippen MR) is 68.1 cm³/mol. The molecule has 0 radical (unpaired) electrons. The lowest BCUT2D eigenvalue weighted by atomic mass is 10.1. The van der Waals surface area contributed by atoms with E-state index in [1.165, 1.54) is 19.3 Å². The summed E-state index contributed by atoms with van der Waals surface area (Å²) in [5.41, 5.74) is 0. The van der Waals surface area contributed by atoms with Crippen molar-refractivity contribution in [3.8, 4) is 0 Å². The number of halogens is 3. The summed E-state index contributed by atoms with van der Waals surface area (Å²) >= 11 is 0. The van der Waals surface area contributed by atoms with Gasteiger partial charge in [-0.2, -0.15) is 13.2 Å². The van der Waals surface area contributed by atoms with Crippen LogP contribution in [0.15, 0.2) is 0 Å². The Kier molecular flexibility index (Phi) is 9.65. The summed E-state index contributed by atoms with van der Waals surface area (Å²) in [6, 6.07) is -1.10. The molecule has 3 nitrogen and oxygen atoms in total. The van der Waals surface area contributed by atoms with E-state index in [1.54, 1.807) is 0 Å². The largest absolute Gasteiger partial charge is 0.480 e. The van der Waals surface area contributed by atoms with E-state index in [0.717, 1.165) is 19.3 Å². The molecule has 0 aliphatic heterocycles. The van der Waals surface area contributed by atoms with Gasteiger partial charge < -0.3 is 5.11 Å². The normalized spacial score (nSPS) is 13.5. The Balaban J connectivity index is 3.69. The number of rotatable bonds is 11. The van der Waals surface area contributed by atoms with E-state index in [9.17, 15) is 18.0 Å². The second-order valence-electron chi connectivity index (χ2n) is 4.80. The van der Waals surface area contributed by atoms with Crippen LogP contribution in [0.4, 0.5) is 13.2 Å². The first-order valence-corrected chi connectivity index (χ1v) is 6.89. The van der Waals surface area contributed by atoms with Gasteiger partial charge in [0.05, 0.1) is 6.54 Å². The molecule has 0 amide bonds. The van der Waals surface area contributed by atoms with E-state index in [1.807, 2.05) is 5.32 Å². The maximum atomic E-state index is 12.0. The molecule has 0 aromatic heterocycles. The van der Waals surface area contributed by atoms with E-state index >= 15 is 0 Å². The van der Waals surface area contributed by atoms with E-state index in [0.29, 0.717) is 6.42 Å². The van der Waals surface area contributed by atoms with Crippen molar-refractivity contribution >= 4 is 5.97 Å². The molecule has 6 heteroatoms. The number of aliphatic carboxylic acids is 1. The van der Waals surface area contributed by atoms with Gasteiger partial charge in [0, 0.05) is 0 Å². The average Bonchev–Trinajstić information content (AvgIpc) is 2.30. The number of nitrogens with one attached hydrogen (secondary N) is 1. The van der Waals surface area contributed by atoms with Crippen LogP contribution in [0.25, 0.3) is 0 Å². The van der Waals surface area contributed by atoms with E-state index in [4.69, 9.17) is 5.11 Å². The van der Waals surface area contributed by atoms with Gasteiger partial charge >= 0.3 is 12.1 Å². The first-order valence-electron chi connectivity index (χ1n) is 6.89. The zero-order valence-corrected chi connectivity index (χ0v) is 11.4. The SMILES string of the molecule is CCCCCCCCCC(NCC(F)(F)F)C(=O)O. The third-order valence-corrected chi connectivity index (χ3v) is 2.94. The van der Waals surface area contributed by atoms with Gasteiger partial charge in [-0.1, -0.05) is 51.9 Å². The molecule has 1 unspecified atom stereocenters. The summed E-state index contributed by atoms with van der Waals surface area (Å²) in [6.45, 7) is 0.879. The Morgan fingerprint density at radius 3 is 2.11 bits per heavy atom. The van der Waals surface area contributed by atoms with E-state index in [-0.39, 0.29) is 6.42 Å². The van der Waals surface area contributed by atoms with Gasteiger partial charge in [0.15, 0.2) is 0 Å². The van der Waals surface area contributed by atoms with Crippen LogP contribution in [0.1, 0.15) is 58.3 Å². The molecule has 0 spiro atoms. The van der Waals surface area contributed by atoms with Gasteiger partial charge in [-0.25, -0.2) is 0 Å². The molecule has 0 bridgehead atoms. The molecule has 19 heavy (non-hydrogen) atoms. The van der Waals surface area contributed by atoms with Crippen LogP contribution in [0.5, 0.6) is 0 Å². The minimum absolute atomic E-state index is 0.249. The molecule has 2 N–H and O–H groups in total. The monoisotopic (exact) mass is 283 g/mol. The first-order chi connectivity index (χ1) is 8.87. The summed E-state index contributed by atoms with van der Waals surface area (Å²) in [5.74, 6) is -1.21. The second kappa shape index (κ2) is 10.1. The minimum atomic E-state index is -4.37. The topological polar surface area (TPSA) is 49.3 Å². The van der Waals surface area contributed by atoms with E-state index < -0.39 is 24.7 Å². The number of hydrogen-bond acceptors (Lipinski definition) is 2. The molecule has 0 saturated carbocycles. The first kappa shape index (κ1) is 18.2. The Morgan fingerprint density at radius 2 is 1.63 bits per heavy atom. The molecule has 0 aliphatic carbocycles. The molecular formula is C13H24F3NO2. The quantitative estimate of drug-likeness (QED) is 0.568. The molecular weight excluding hydrogens is 259 g/mol. The van der Waals surface area contributed by atoms with Crippen LogP contribution < -0.4 is 5.32 Å². The second-order valence-corrected chi connectivity index (χ2v) is 4.80. The number of alkyl halides is 3. The smallest absolute Gasteiger partial charge is 0.401 e. The van der Waals surface area contributed by atoms with Crippen molar-refractivity contribution in [3.63, 3.8) is 0 Å². The molecule has 0 rings (SSSR count). The van der Waals surface area contributed by atoms with Crippen LogP contribution in [0.3, 0.4) is 0 Å². The maximum absolute atomic E-state index is 12.0. The highest BCUT2D eigenvalue weighted by molar-refractivity contribution is 5.73. The standard InChI is InChI=1S/C13H24F3NO2/c1-2-3-4-5-6-7-8-9-11(12(18)19)17-10-13(14,15)16/h11,17H,2-10H2,1H3,(H,18,19). The Morgan fingerprint density at radius 1 is 1.11 bits per heavy atom. The van der Waals surface area contributed by atoms with Crippen molar-refractivity contribution in [2.45, 2.75) is 70.5 Å². The fraction of sp³-hybridized carbons (Fsp3) is 0.923. The number of hydrogen-bond donors (Lipinski definition) is 2. The van der Waals surface area contributed by atoms with Crippen molar-refractivity contribution in [2.75, 3.05) is 6.54 Å². The van der Waals surface area contributed by atoms with E-state index in [2.05, 4.69) is 6.92 Å². The molecule has 0 aliphatic rings. The molecule has 1 atom stereocenters. The highest BCUT2D eigenvalue weighted by atomic mass is 19.4. The molecule has 114 valence electrons. The molecule has 0 heterocycles. The number of carbonyl (C=O) groups is 1. The minimum Gasteiger partial charge on any atom is -0.480 e. The zero-order chi connectivity index (χ0) is 14.7. The van der Waals surface area contributed by atoms with Gasteiger partial charge in [-0.15, -0.1) is 0 Å². The fourth-order valence-corrected chi connectivity index (χ4v) is 1.86. The summed E-state index contributed by atoms with van der Waals surface area (Å²) in [4.78, 5) is 10.8. The molecule has 0 aromatic rings. The maximum Gasteiger partial charge on any atom is 0.401 e. The number of carboxylic acid groups (broad SMARTS) is 1. The lowest BCUT2D eigenvalue weighted by Crippen LogP contribution is -2.41. The van der Waals surface area contributed by atoms with Crippen LogP contribution in [-0.2, 0) is 4.79 Å². The van der Waals surface area contributed by atoms with Gasteiger partial charge in [0.1, 0.15) is 6.04 Å². The Hall–Kier alpha value is -0.780. The number of carboxylic acids is 1. The summed E-state index contributed by atoms with van der Waals surface area (Å²) in [5, 5.41) is 10.9. The molecule has 0 aromatic carbocycles. The van der Waals surface area contributed by atoms with Crippen LogP contribution in [0.2, 0.25) is 0 Å². The van der Waals surface area contributed by atoms with Crippen LogP contribution in [-0.4, -0.2) is 29.8 Å². The Labute approximate surface area is 112 Å². The van der Waals surface area contributed by atoms with Crippen LogP contribution >= 0.6 is 0 Å². The van der Waals surface area contributed by atoms with Crippen molar-refractivity contribution in [1.29, 1.82) is 0 Å².